The van der Waals surface area contributed by atoms with Gasteiger partial charge in [-0.2, -0.15) is 0 Å². The number of hydrogen-bond acceptors (Lipinski definition) is 5. The van der Waals surface area contributed by atoms with E-state index in [2.05, 4.69) is 0 Å². The van der Waals surface area contributed by atoms with Gasteiger partial charge in [-0.1, -0.05) is 42.5 Å². The maximum atomic E-state index is 13.0. The summed E-state index contributed by atoms with van der Waals surface area (Å²) in [5.41, 5.74) is 6.38. The Bertz CT molecular complexity index is 1320. The SMILES string of the molecule is Cn1c(=O)c(C(=O)C[C@@H](N)c2c(O)ccc3ccccc23)c(O)c2ccccc21. The van der Waals surface area contributed by atoms with Gasteiger partial charge in [0.2, 0.25) is 0 Å². The van der Waals surface area contributed by atoms with Gasteiger partial charge in [0, 0.05) is 30.5 Å². The van der Waals surface area contributed by atoms with E-state index < -0.39 is 17.4 Å². The summed E-state index contributed by atoms with van der Waals surface area (Å²) in [6.45, 7) is 0. The molecule has 6 nitrogen and oxygen atoms in total. The summed E-state index contributed by atoms with van der Waals surface area (Å²) in [5.74, 6) is -0.934. The molecule has 146 valence electrons. The van der Waals surface area contributed by atoms with Gasteiger partial charge in [-0.3, -0.25) is 9.59 Å². The Labute approximate surface area is 166 Å². The molecule has 0 aliphatic heterocycles. The zero-order valence-corrected chi connectivity index (χ0v) is 15.8. The molecule has 0 amide bonds. The highest BCUT2D eigenvalue weighted by Gasteiger charge is 2.25. The van der Waals surface area contributed by atoms with Crippen LogP contribution in [0.1, 0.15) is 28.4 Å². The van der Waals surface area contributed by atoms with E-state index in [0.717, 1.165) is 10.8 Å². The van der Waals surface area contributed by atoms with E-state index in [-0.39, 0.29) is 23.5 Å². The van der Waals surface area contributed by atoms with Crippen molar-refractivity contribution in [2.45, 2.75) is 12.5 Å². The Morgan fingerprint density at radius 2 is 1.66 bits per heavy atom. The van der Waals surface area contributed by atoms with Crippen LogP contribution < -0.4 is 11.3 Å². The number of nitrogens with two attached hydrogens (primary N) is 1. The highest BCUT2D eigenvalue weighted by molar-refractivity contribution is 6.04. The van der Waals surface area contributed by atoms with E-state index in [0.29, 0.717) is 16.5 Å². The van der Waals surface area contributed by atoms with Gasteiger partial charge in [0.05, 0.1) is 5.52 Å². The fourth-order valence-electron chi connectivity index (χ4n) is 3.81. The van der Waals surface area contributed by atoms with Crippen molar-refractivity contribution in [1.29, 1.82) is 0 Å². The van der Waals surface area contributed by atoms with Crippen LogP contribution in [0.3, 0.4) is 0 Å². The second-order valence-electron chi connectivity index (χ2n) is 7.06. The van der Waals surface area contributed by atoms with Crippen LogP contribution in [-0.4, -0.2) is 20.6 Å². The number of fused-ring (bicyclic) bond motifs is 2. The number of phenolic OH excluding ortho intramolecular Hbond substituents is 1. The number of ketones is 1. The van der Waals surface area contributed by atoms with Gasteiger partial charge in [-0.05, 0) is 29.0 Å². The molecule has 0 aliphatic carbocycles. The summed E-state index contributed by atoms with van der Waals surface area (Å²) in [6, 6.07) is 16.7. The predicted octanol–water partition coefficient (Wildman–Crippen LogP) is 3.38. The van der Waals surface area contributed by atoms with Crippen LogP contribution in [0.4, 0.5) is 0 Å². The first-order valence-corrected chi connectivity index (χ1v) is 9.20. The molecular weight excluding hydrogens is 368 g/mol. The topological polar surface area (TPSA) is 106 Å². The fourth-order valence-corrected chi connectivity index (χ4v) is 3.81. The van der Waals surface area contributed by atoms with Crippen molar-refractivity contribution in [3.63, 3.8) is 0 Å². The van der Waals surface area contributed by atoms with Crippen LogP contribution in [0.15, 0.2) is 65.5 Å². The molecule has 0 radical (unpaired) electrons. The number of aromatic nitrogens is 1. The maximum absolute atomic E-state index is 13.0. The van der Waals surface area contributed by atoms with E-state index in [1.165, 1.54) is 10.6 Å². The van der Waals surface area contributed by atoms with Crippen molar-refractivity contribution < 1.29 is 15.0 Å². The van der Waals surface area contributed by atoms with Crippen LogP contribution in [0.5, 0.6) is 11.5 Å². The van der Waals surface area contributed by atoms with Gasteiger partial charge in [0.1, 0.15) is 17.1 Å². The van der Waals surface area contributed by atoms with Crippen molar-refractivity contribution in [3.8, 4) is 11.5 Å². The normalized spacial score (nSPS) is 12.3. The number of aromatic hydroxyl groups is 2. The lowest BCUT2D eigenvalue weighted by atomic mass is 9.93. The first-order valence-electron chi connectivity index (χ1n) is 9.20. The van der Waals surface area contributed by atoms with Gasteiger partial charge in [0.25, 0.3) is 5.56 Å². The maximum Gasteiger partial charge on any atom is 0.265 e. The third kappa shape index (κ3) is 3.03. The van der Waals surface area contributed by atoms with Crippen molar-refractivity contribution in [3.05, 3.63) is 82.1 Å². The average molecular weight is 388 g/mol. The number of phenols is 1. The molecule has 0 saturated heterocycles. The minimum absolute atomic E-state index is 0.0142. The number of rotatable bonds is 4. The van der Waals surface area contributed by atoms with E-state index in [9.17, 15) is 19.8 Å². The Morgan fingerprint density at radius 3 is 2.41 bits per heavy atom. The Balaban J connectivity index is 1.78. The first-order chi connectivity index (χ1) is 13.9. The molecule has 0 bridgehead atoms. The summed E-state index contributed by atoms with van der Waals surface area (Å²) in [7, 11) is 1.55. The zero-order valence-electron chi connectivity index (χ0n) is 15.8. The smallest absolute Gasteiger partial charge is 0.265 e. The number of carbonyl (C=O) groups is 1. The third-order valence-electron chi connectivity index (χ3n) is 5.28. The number of para-hydroxylation sites is 1. The molecule has 1 atom stereocenters. The fraction of sp³-hybridized carbons (Fsp3) is 0.130. The molecule has 4 N–H and O–H groups in total. The highest BCUT2D eigenvalue weighted by Crippen LogP contribution is 2.34. The number of hydrogen-bond donors (Lipinski definition) is 3. The minimum Gasteiger partial charge on any atom is -0.508 e. The van der Waals surface area contributed by atoms with E-state index >= 15 is 0 Å². The van der Waals surface area contributed by atoms with Gasteiger partial charge in [-0.15, -0.1) is 0 Å². The van der Waals surface area contributed by atoms with Gasteiger partial charge in [-0.25, -0.2) is 0 Å². The molecule has 0 spiro atoms. The van der Waals surface area contributed by atoms with Crippen LogP contribution in [0.2, 0.25) is 0 Å². The monoisotopic (exact) mass is 388 g/mol. The summed E-state index contributed by atoms with van der Waals surface area (Å²) < 4.78 is 1.34. The van der Waals surface area contributed by atoms with Crippen molar-refractivity contribution in [2.75, 3.05) is 0 Å². The number of pyridine rings is 1. The van der Waals surface area contributed by atoms with Crippen molar-refractivity contribution in [2.24, 2.45) is 12.8 Å². The van der Waals surface area contributed by atoms with Crippen LogP contribution >= 0.6 is 0 Å². The highest BCUT2D eigenvalue weighted by atomic mass is 16.3. The third-order valence-corrected chi connectivity index (χ3v) is 5.28. The van der Waals surface area contributed by atoms with Gasteiger partial charge >= 0.3 is 0 Å². The number of aryl methyl sites for hydroxylation is 1. The van der Waals surface area contributed by atoms with Gasteiger partial charge < -0.3 is 20.5 Å². The Morgan fingerprint density at radius 1 is 1.00 bits per heavy atom. The summed E-state index contributed by atoms with van der Waals surface area (Å²) >= 11 is 0. The number of carbonyl (C=O) groups excluding carboxylic acids is 1. The molecule has 3 aromatic carbocycles. The molecule has 1 aromatic heterocycles. The lowest BCUT2D eigenvalue weighted by Crippen LogP contribution is -2.27. The minimum atomic E-state index is -0.843. The second-order valence-corrected chi connectivity index (χ2v) is 7.06. The van der Waals surface area contributed by atoms with Gasteiger partial charge in [0.15, 0.2) is 5.78 Å². The molecule has 0 saturated carbocycles. The van der Waals surface area contributed by atoms with E-state index in [1.807, 2.05) is 24.3 Å². The summed E-state index contributed by atoms with van der Waals surface area (Å²) in [4.78, 5) is 25.7. The molecule has 6 heteroatoms. The first kappa shape index (κ1) is 18.7. The molecular formula is C23H20N2O4. The predicted molar refractivity (Wildman–Crippen MR) is 112 cm³/mol. The molecule has 4 aromatic rings. The average Bonchev–Trinajstić information content (AvgIpc) is 2.72. The van der Waals surface area contributed by atoms with Crippen LogP contribution in [0, 0.1) is 0 Å². The number of nitrogens with zero attached hydrogens (tertiary/aromatic N) is 1. The summed E-state index contributed by atoms with van der Waals surface area (Å²) in [5, 5.41) is 23.0. The second kappa shape index (κ2) is 7.07. The molecule has 4 rings (SSSR count). The lowest BCUT2D eigenvalue weighted by molar-refractivity contribution is 0.0970. The standard InChI is InChI=1S/C23H20N2O4/c1-25-17-9-5-4-8-15(17)22(28)21(23(25)29)19(27)12-16(24)20-14-7-3-2-6-13(14)10-11-18(20)26/h2-11,16,26,28H,12,24H2,1H3/t16-/m1/s1. The number of benzene rings is 3. The Kier molecular flexibility index (Phi) is 4.56. The zero-order chi connectivity index (χ0) is 20.7. The molecule has 29 heavy (non-hydrogen) atoms. The molecule has 1 heterocycles. The lowest BCUT2D eigenvalue weighted by Gasteiger charge is -2.17. The molecule has 0 unspecified atom stereocenters. The quantitative estimate of drug-likeness (QED) is 0.465. The van der Waals surface area contributed by atoms with Crippen LogP contribution in [0.25, 0.3) is 21.7 Å². The van der Waals surface area contributed by atoms with Crippen molar-refractivity contribution >= 4 is 27.5 Å². The van der Waals surface area contributed by atoms with E-state index in [4.69, 9.17) is 5.73 Å². The Hall–Kier alpha value is -3.64. The van der Waals surface area contributed by atoms with Crippen molar-refractivity contribution in [1.82, 2.24) is 4.57 Å². The summed E-state index contributed by atoms with van der Waals surface area (Å²) in [6.07, 6.45) is -0.233. The number of Topliss-reactive ketones (excluding diaryl/α,β-unsaturated/α-hetero) is 1. The largest absolute Gasteiger partial charge is 0.508 e. The van der Waals surface area contributed by atoms with Crippen LogP contribution in [-0.2, 0) is 7.05 Å². The molecule has 0 fully saturated rings. The van der Waals surface area contributed by atoms with E-state index in [1.54, 1.807) is 37.4 Å². The molecule has 0 aliphatic rings.